The molecule has 0 spiro atoms. The Morgan fingerprint density at radius 2 is 2.19 bits per heavy atom. The molecule has 2 aromatic rings. The second kappa shape index (κ2) is 3.21. The van der Waals surface area contributed by atoms with Crippen molar-refractivity contribution in [3.63, 3.8) is 0 Å². The molecular weight excluding hydrogens is 196 g/mol. The highest BCUT2D eigenvalue weighted by atomic mass is 14.9. The summed E-state index contributed by atoms with van der Waals surface area (Å²) < 4.78 is 0. The van der Waals surface area contributed by atoms with E-state index in [9.17, 15) is 0 Å². The number of hydrogen-bond acceptors (Lipinski definition) is 1. The van der Waals surface area contributed by atoms with E-state index < -0.39 is 0 Å². The minimum Gasteiger partial charge on any atom is -0.348 e. The van der Waals surface area contributed by atoms with Crippen molar-refractivity contribution in [3.05, 3.63) is 53.6 Å². The van der Waals surface area contributed by atoms with E-state index in [0.29, 0.717) is 5.92 Å². The molecule has 16 heavy (non-hydrogen) atoms. The van der Waals surface area contributed by atoms with Gasteiger partial charge in [-0.1, -0.05) is 38.1 Å². The van der Waals surface area contributed by atoms with E-state index in [1.807, 2.05) is 6.20 Å². The molecule has 0 amide bonds. The molecule has 1 aromatic carbocycles. The summed E-state index contributed by atoms with van der Waals surface area (Å²) in [5.74, 6) is 0.546. The van der Waals surface area contributed by atoms with Crippen LogP contribution in [0.15, 0.2) is 36.8 Å². The maximum absolute atomic E-state index is 4.15. The molecule has 3 rings (SSSR count). The Balaban J connectivity index is 2.10. The quantitative estimate of drug-likeness (QED) is 0.773. The van der Waals surface area contributed by atoms with Gasteiger partial charge < -0.3 is 4.98 Å². The minimum absolute atomic E-state index is 0.167. The third kappa shape index (κ3) is 1.16. The third-order valence-electron chi connectivity index (χ3n) is 4.15. The molecule has 82 valence electrons. The number of H-pyrrole nitrogens is 1. The first kappa shape index (κ1) is 9.64. The highest BCUT2D eigenvalue weighted by Gasteiger charge is 2.41. The first-order chi connectivity index (χ1) is 7.72. The second-order valence-electron chi connectivity index (χ2n) is 4.98. The highest BCUT2D eigenvalue weighted by molar-refractivity contribution is 5.42. The summed E-state index contributed by atoms with van der Waals surface area (Å²) in [5, 5.41) is 0. The molecule has 2 unspecified atom stereocenters. The van der Waals surface area contributed by atoms with Crippen LogP contribution in [0.1, 0.15) is 36.6 Å². The number of nitrogens with zero attached hydrogens (tertiary/aromatic N) is 1. The van der Waals surface area contributed by atoms with Crippen molar-refractivity contribution in [2.75, 3.05) is 0 Å². The average molecular weight is 212 g/mol. The van der Waals surface area contributed by atoms with Crippen LogP contribution in [-0.4, -0.2) is 9.97 Å². The SMILES string of the molecule is CC1c2ccccc2CC1(C)c1cnc[nH]1. The van der Waals surface area contributed by atoms with Crippen molar-refractivity contribution in [1.29, 1.82) is 0 Å². The van der Waals surface area contributed by atoms with Crippen LogP contribution < -0.4 is 0 Å². The first-order valence-corrected chi connectivity index (χ1v) is 5.78. The second-order valence-corrected chi connectivity index (χ2v) is 4.98. The maximum atomic E-state index is 4.15. The van der Waals surface area contributed by atoms with Gasteiger partial charge in [0.05, 0.1) is 6.33 Å². The van der Waals surface area contributed by atoms with E-state index in [0.717, 1.165) is 6.42 Å². The third-order valence-corrected chi connectivity index (χ3v) is 4.15. The Hall–Kier alpha value is -1.57. The Morgan fingerprint density at radius 1 is 1.38 bits per heavy atom. The monoisotopic (exact) mass is 212 g/mol. The predicted molar refractivity (Wildman–Crippen MR) is 64.5 cm³/mol. The Morgan fingerprint density at radius 3 is 2.88 bits per heavy atom. The van der Waals surface area contributed by atoms with Crippen LogP contribution in [-0.2, 0) is 11.8 Å². The topological polar surface area (TPSA) is 28.7 Å². The number of fused-ring (bicyclic) bond motifs is 1. The number of nitrogens with one attached hydrogen (secondary N) is 1. The number of rotatable bonds is 1. The van der Waals surface area contributed by atoms with Crippen LogP contribution in [0, 0.1) is 0 Å². The predicted octanol–water partition coefficient (Wildman–Crippen LogP) is 3.03. The standard InChI is InChI=1S/C14H16N2/c1-10-12-6-4-3-5-11(12)7-14(10,2)13-8-15-9-16-13/h3-6,8-10H,7H2,1-2H3,(H,15,16). The molecule has 1 aliphatic carbocycles. The molecule has 1 heterocycles. The van der Waals surface area contributed by atoms with Gasteiger partial charge in [0, 0.05) is 17.3 Å². The van der Waals surface area contributed by atoms with E-state index in [1.54, 1.807) is 6.33 Å². The van der Waals surface area contributed by atoms with Gasteiger partial charge in [-0.3, -0.25) is 0 Å². The van der Waals surface area contributed by atoms with Crippen molar-refractivity contribution in [2.45, 2.75) is 31.6 Å². The van der Waals surface area contributed by atoms with E-state index in [2.05, 4.69) is 48.1 Å². The molecular formula is C14H16N2. The summed E-state index contributed by atoms with van der Waals surface area (Å²) in [6, 6.07) is 8.76. The van der Waals surface area contributed by atoms with Crippen molar-refractivity contribution in [3.8, 4) is 0 Å². The van der Waals surface area contributed by atoms with Crippen LogP contribution in [0.5, 0.6) is 0 Å². The zero-order valence-corrected chi connectivity index (χ0v) is 9.70. The fourth-order valence-electron chi connectivity index (χ4n) is 2.91. The molecule has 1 aliphatic rings. The molecule has 2 heteroatoms. The lowest BCUT2D eigenvalue weighted by Crippen LogP contribution is -2.26. The van der Waals surface area contributed by atoms with Crippen LogP contribution >= 0.6 is 0 Å². The molecule has 1 aromatic heterocycles. The molecule has 0 saturated heterocycles. The van der Waals surface area contributed by atoms with Gasteiger partial charge in [-0.25, -0.2) is 4.98 Å². The van der Waals surface area contributed by atoms with Crippen LogP contribution in [0.25, 0.3) is 0 Å². The summed E-state index contributed by atoms with van der Waals surface area (Å²) in [6.07, 6.45) is 4.84. The van der Waals surface area contributed by atoms with Gasteiger partial charge in [0.2, 0.25) is 0 Å². The largest absolute Gasteiger partial charge is 0.348 e. The van der Waals surface area contributed by atoms with Gasteiger partial charge in [0.15, 0.2) is 0 Å². The molecule has 0 aliphatic heterocycles. The highest BCUT2D eigenvalue weighted by Crippen LogP contribution is 2.47. The molecule has 2 atom stereocenters. The number of imidazole rings is 1. The van der Waals surface area contributed by atoms with Crippen LogP contribution in [0.2, 0.25) is 0 Å². The van der Waals surface area contributed by atoms with E-state index >= 15 is 0 Å². The fraction of sp³-hybridized carbons (Fsp3) is 0.357. The number of benzene rings is 1. The average Bonchev–Trinajstić information content (AvgIpc) is 2.89. The van der Waals surface area contributed by atoms with E-state index in [1.165, 1.54) is 16.8 Å². The van der Waals surface area contributed by atoms with Crippen molar-refractivity contribution in [2.24, 2.45) is 0 Å². The molecule has 0 radical (unpaired) electrons. The van der Waals surface area contributed by atoms with Crippen LogP contribution in [0.4, 0.5) is 0 Å². The summed E-state index contributed by atoms with van der Waals surface area (Å²) in [4.78, 5) is 7.43. The summed E-state index contributed by atoms with van der Waals surface area (Å²) >= 11 is 0. The smallest absolute Gasteiger partial charge is 0.0921 e. The normalized spacial score (nSPS) is 28.0. The number of aromatic nitrogens is 2. The zero-order valence-electron chi connectivity index (χ0n) is 9.70. The van der Waals surface area contributed by atoms with Gasteiger partial charge >= 0.3 is 0 Å². The minimum atomic E-state index is 0.167. The van der Waals surface area contributed by atoms with Gasteiger partial charge in [0.25, 0.3) is 0 Å². The van der Waals surface area contributed by atoms with Gasteiger partial charge in [-0.05, 0) is 23.5 Å². The van der Waals surface area contributed by atoms with E-state index in [-0.39, 0.29) is 5.41 Å². The van der Waals surface area contributed by atoms with E-state index in [4.69, 9.17) is 0 Å². The lowest BCUT2D eigenvalue weighted by atomic mass is 9.76. The summed E-state index contributed by atoms with van der Waals surface area (Å²) in [6.45, 7) is 4.64. The van der Waals surface area contributed by atoms with Gasteiger partial charge in [0.1, 0.15) is 0 Å². The summed E-state index contributed by atoms with van der Waals surface area (Å²) in [5.41, 5.74) is 4.38. The number of hydrogen-bond donors (Lipinski definition) is 1. The number of aromatic amines is 1. The van der Waals surface area contributed by atoms with Crippen molar-refractivity contribution in [1.82, 2.24) is 9.97 Å². The van der Waals surface area contributed by atoms with Gasteiger partial charge in [-0.2, -0.15) is 0 Å². The lowest BCUT2D eigenvalue weighted by molar-refractivity contribution is 0.419. The maximum Gasteiger partial charge on any atom is 0.0921 e. The molecule has 1 N–H and O–H groups in total. The molecule has 0 bridgehead atoms. The Kier molecular flexibility index (Phi) is 1.93. The fourth-order valence-corrected chi connectivity index (χ4v) is 2.91. The summed E-state index contributed by atoms with van der Waals surface area (Å²) in [7, 11) is 0. The zero-order chi connectivity index (χ0) is 11.2. The molecule has 0 fully saturated rings. The van der Waals surface area contributed by atoms with Crippen molar-refractivity contribution < 1.29 is 0 Å². The lowest BCUT2D eigenvalue weighted by Gasteiger charge is -2.28. The van der Waals surface area contributed by atoms with Crippen molar-refractivity contribution >= 4 is 0 Å². The molecule has 2 nitrogen and oxygen atoms in total. The Bertz CT molecular complexity index is 501. The first-order valence-electron chi connectivity index (χ1n) is 5.78. The Labute approximate surface area is 95.7 Å². The molecule has 0 saturated carbocycles. The van der Waals surface area contributed by atoms with Crippen LogP contribution in [0.3, 0.4) is 0 Å². The van der Waals surface area contributed by atoms with Gasteiger partial charge in [-0.15, -0.1) is 0 Å².